The Morgan fingerprint density at radius 2 is 1.63 bits per heavy atom. The maximum atomic E-state index is 6.54. The molecule has 0 fully saturated rings. The summed E-state index contributed by atoms with van der Waals surface area (Å²) < 4.78 is 1.30. The van der Waals surface area contributed by atoms with E-state index in [1.165, 1.54) is 32.3 Å². The van der Waals surface area contributed by atoms with E-state index in [4.69, 9.17) is 5.73 Å². The molecule has 3 rings (SSSR count). The van der Waals surface area contributed by atoms with Crippen molar-refractivity contribution in [1.82, 2.24) is 0 Å². The number of nitrogens with two attached hydrogens (primary N) is 1. The average molecular weight is 267 g/mol. The minimum absolute atomic E-state index is 0.0441. The fourth-order valence-electron chi connectivity index (χ4n) is 2.71. The minimum Gasteiger partial charge on any atom is -0.320 e. The molecule has 0 saturated carbocycles. The van der Waals surface area contributed by atoms with E-state index in [-0.39, 0.29) is 6.04 Å². The number of thiophene rings is 1. The second-order valence-electron chi connectivity index (χ2n) is 4.97. The standard InChI is InChI=1S/C17H17NS/c1-11-6-5-7-12(2)16(11)17(18)14-10-19-15-9-4-3-8-13(14)15/h3-10,17H,18H2,1-2H3. The van der Waals surface area contributed by atoms with Gasteiger partial charge in [-0.15, -0.1) is 11.3 Å². The second kappa shape index (κ2) is 4.80. The van der Waals surface area contributed by atoms with Crippen molar-refractivity contribution in [2.75, 3.05) is 0 Å². The highest BCUT2D eigenvalue weighted by Gasteiger charge is 2.17. The lowest BCUT2D eigenvalue weighted by atomic mass is 9.92. The highest BCUT2D eigenvalue weighted by molar-refractivity contribution is 7.17. The second-order valence-corrected chi connectivity index (χ2v) is 5.88. The van der Waals surface area contributed by atoms with Gasteiger partial charge in [0.2, 0.25) is 0 Å². The molecule has 0 spiro atoms. The highest BCUT2D eigenvalue weighted by atomic mass is 32.1. The van der Waals surface area contributed by atoms with Gasteiger partial charge in [-0.2, -0.15) is 0 Å². The lowest BCUT2D eigenvalue weighted by molar-refractivity contribution is 0.863. The summed E-state index contributed by atoms with van der Waals surface area (Å²) in [7, 11) is 0. The zero-order valence-corrected chi connectivity index (χ0v) is 12.0. The van der Waals surface area contributed by atoms with Crippen LogP contribution in [0.2, 0.25) is 0 Å². The van der Waals surface area contributed by atoms with Crippen molar-refractivity contribution in [3.63, 3.8) is 0 Å². The van der Waals surface area contributed by atoms with Gasteiger partial charge in [0.15, 0.2) is 0 Å². The van der Waals surface area contributed by atoms with Gasteiger partial charge < -0.3 is 5.73 Å². The number of rotatable bonds is 2. The molecular weight excluding hydrogens is 250 g/mol. The van der Waals surface area contributed by atoms with Gasteiger partial charge in [0, 0.05) is 4.70 Å². The molecule has 1 heterocycles. The molecule has 0 bridgehead atoms. The molecule has 1 aromatic heterocycles. The molecular formula is C17H17NS. The summed E-state index contributed by atoms with van der Waals surface area (Å²) in [6.45, 7) is 4.27. The van der Waals surface area contributed by atoms with Crippen LogP contribution in [0.1, 0.15) is 28.3 Å². The molecule has 2 N–H and O–H groups in total. The van der Waals surface area contributed by atoms with Crippen LogP contribution in [0.5, 0.6) is 0 Å². The van der Waals surface area contributed by atoms with Crippen molar-refractivity contribution in [2.45, 2.75) is 19.9 Å². The molecule has 2 aromatic carbocycles. The molecule has 1 nitrogen and oxygen atoms in total. The average Bonchev–Trinajstić information content (AvgIpc) is 2.82. The largest absolute Gasteiger partial charge is 0.320 e. The fraction of sp³-hybridized carbons (Fsp3) is 0.176. The van der Waals surface area contributed by atoms with Crippen molar-refractivity contribution < 1.29 is 0 Å². The van der Waals surface area contributed by atoms with E-state index >= 15 is 0 Å². The molecule has 1 unspecified atom stereocenters. The summed E-state index contributed by atoms with van der Waals surface area (Å²) in [5.41, 5.74) is 11.6. The van der Waals surface area contributed by atoms with Crippen LogP contribution >= 0.6 is 11.3 Å². The van der Waals surface area contributed by atoms with Gasteiger partial charge in [-0.1, -0.05) is 36.4 Å². The maximum Gasteiger partial charge on any atom is 0.0571 e. The minimum atomic E-state index is -0.0441. The van der Waals surface area contributed by atoms with E-state index in [1.54, 1.807) is 11.3 Å². The first-order chi connectivity index (χ1) is 9.18. The lowest BCUT2D eigenvalue weighted by Crippen LogP contribution is -2.14. The number of aryl methyl sites for hydroxylation is 2. The Kier molecular flexibility index (Phi) is 3.13. The van der Waals surface area contributed by atoms with Crippen LogP contribution in [-0.2, 0) is 0 Å². The van der Waals surface area contributed by atoms with Crippen molar-refractivity contribution in [3.8, 4) is 0 Å². The van der Waals surface area contributed by atoms with Crippen LogP contribution < -0.4 is 5.73 Å². The van der Waals surface area contributed by atoms with Crippen molar-refractivity contribution in [1.29, 1.82) is 0 Å². The molecule has 0 amide bonds. The SMILES string of the molecule is Cc1cccc(C)c1C(N)c1csc2ccccc12. The third-order valence-electron chi connectivity index (χ3n) is 3.70. The van der Waals surface area contributed by atoms with Crippen LogP contribution in [0.3, 0.4) is 0 Å². The Morgan fingerprint density at radius 3 is 2.37 bits per heavy atom. The maximum absolute atomic E-state index is 6.54. The summed E-state index contributed by atoms with van der Waals surface area (Å²) in [5, 5.41) is 3.48. The van der Waals surface area contributed by atoms with Gasteiger partial charge in [0.1, 0.15) is 0 Å². The molecule has 0 aliphatic rings. The summed E-state index contributed by atoms with van der Waals surface area (Å²) in [5.74, 6) is 0. The Hall–Kier alpha value is -1.64. The first kappa shape index (κ1) is 12.4. The molecule has 0 saturated heterocycles. The van der Waals surface area contributed by atoms with Crippen molar-refractivity contribution in [3.05, 3.63) is 70.1 Å². The zero-order valence-electron chi connectivity index (χ0n) is 11.2. The van der Waals surface area contributed by atoms with Gasteiger partial charge in [0.05, 0.1) is 6.04 Å². The Bertz CT molecular complexity index is 707. The Labute approximate surface area is 117 Å². The third-order valence-corrected chi connectivity index (χ3v) is 4.68. The summed E-state index contributed by atoms with van der Waals surface area (Å²) >= 11 is 1.77. The van der Waals surface area contributed by atoms with Gasteiger partial charge in [-0.25, -0.2) is 0 Å². The van der Waals surface area contributed by atoms with Crippen LogP contribution in [0.15, 0.2) is 47.8 Å². The first-order valence-corrected chi connectivity index (χ1v) is 7.34. The van der Waals surface area contributed by atoms with E-state index in [1.807, 2.05) is 0 Å². The summed E-state index contributed by atoms with van der Waals surface area (Å²) in [4.78, 5) is 0. The molecule has 0 aliphatic heterocycles. The number of fused-ring (bicyclic) bond motifs is 1. The van der Waals surface area contributed by atoms with Gasteiger partial charge in [-0.3, -0.25) is 0 Å². The molecule has 3 aromatic rings. The summed E-state index contributed by atoms with van der Waals surface area (Å²) in [6, 6.07) is 14.8. The molecule has 0 aliphatic carbocycles. The number of hydrogen-bond donors (Lipinski definition) is 1. The number of benzene rings is 2. The highest BCUT2D eigenvalue weighted by Crippen LogP contribution is 2.34. The third kappa shape index (κ3) is 2.07. The monoisotopic (exact) mass is 267 g/mol. The van der Waals surface area contributed by atoms with Crippen molar-refractivity contribution in [2.24, 2.45) is 5.73 Å². The van der Waals surface area contributed by atoms with Gasteiger partial charge in [-0.05, 0) is 52.9 Å². The van der Waals surface area contributed by atoms with E-state index in [2.05, 4.69) is 61.7 Å². The van der Waals surface area contributed by atoms with E-state index < -0.39 is 0 Å². The molecule has 96 valence electrons. The lowest BCUT2D eigenvalue weighted by Gasteiger charge is -2.17. The van der Waals surface area contributed by atoms with Crippen LogP contribution in [-0.4, -0.2) is 0 Å². The Balaban J connectivity index is 2.16. The van der Waals surface area contributed by atoms with Gasteiger partial charge in [0.25, 0.3) is 0 Å². The van der Waals surface area contributed by atoms with Crippen LogP contribution in [0, 0.1) is 13.8 Å². The van der Waals surface area contributed by atoms with Crippen LogP contribution in [0.25, 0.3) is 10.1 Å². The molecule has 0 radical (unpaired) electrons. The first-order valence-electron chi connectivity index (χ1n) is 6.46. The normalized spacial score (nSPS) is 12.8. The molecule has 1 atom stereocenters. The van der Waals surface area contributed by atoms with E-state index in [0.717, 1.165) is 0 Å². The zero-order chi connectivity index (χ0) is 13.4. The summed E-state index contributed by atoms with van der Waals surface area (Å²) in [6.07, 6.45) is 0. The predicted molar refractivity (Wildman–Crippen MR) is 83.8 cm³/mol. The van der Waals surface area contributed by atoms with Crippen LogP contribution in [0.4, 0.5) is 0 Å². The predicted octanol–water partition coefficient (Wildman–Crippen LogP) is 4.57. The van der Waals surface area contributed by atoms with Gasteiger partial charge >= 0.3 is 0 Å². The van der Waals surface area contributed by atoms with E-state index in [0.29, 0.717) is 0 Å². The quantitative estimate of drug-likeness (QED) is 0.723. The smallest absolute Gasteiger partial charge is 0.0571 e. The molecule has 19 heavy (non-hydrogen) atoms. The number of hydrogen-bond acceptors (Lipinski definition) is 2. The Morgan fingerprint density at radius 1 is 0.947 bits per heavy atom. The topological polar surface area (TPSA) is 26.0 Å². The van der Waals surface area contributed by atoms with E-state index in [9.17, 15) is 0 Å². The fourth-order valence-corrected chi connectivity index (χ4v) is 3.71. The molecule has 2 heteroatoms. The van der Waals surface area contributed by atoms with Crippen molar-refractivity contribution >= 4 is 21.4 Å².